The zero-order chi connectivity index (χ0) is 24.4. The van der Waals surface area contributed by atoms with Crippen LogP contribution in [-0.4, -0.2) is 30.3 Å². The van der Waals surface area contributed by atoms with Crippen LogP contribution in [0.4, 0.5) is 0 Å². The van der Waals surface area contributed by atoms with E-state index in [9.17, 15) is 5.11 Å². The van der Waals surface area contributed by atoms with Gasteiger partial charge in [0.15, 0.2) is 5.60 Å². The first-order chi connectivity index (χ1) is 17.0. The summed E-state index contributed by atoms with van der Waals surface area (Å²) in [7, 11) is 3.26. The Morgan fingerprint density at radius 2 is 1.49 bits per heavy atom. The first-order valence-corrected chi connectivity index (χ1v) is 12.8. The summed E-state index contributed by atoms with van der Waals surface area (Å²) in [6, 6.07) is 21.6. The van der Waals surface area contributed by atoms with Crippen molar-refractivity contribution in [1.82, 2.24) is 4.90 Å². The van der Waals surface area contributed by atoms with E-state index in [0.717, 1.165) is 23.8 Å². The number of hydrogen-bond donors (Lipinski definition) is 1. The third-order valence-corrected chi connectivity index (χ3v) is 7.78. The van der Waals surface area contributed by atoms with Crippen LogP contribution in [0.5, 0.6) is 11.5 Å². The molecule has 0 unspecified atom stereocenters. The lowest BCUT2D eigenvalue weighted by Gasteiger charge is -2.28. The predicted octanol–water partition coefficient (Wildman–Crippen LogP) is 6.12. The molecule has 2 heterocycles. The van der Waals surface area contributed by atoms with Crippen molar-refractivity contribution in [2.75, 3.05) is 14.2 Å². The summed E-state index contributed by atoms with van der Waals surface area (Å²) in [5.41, 5.74) is 1.30. The van der Waals surface area contributed by atoms with Gasteiger partial charge in [0.25, 0.3) is 0 Å². The maximum atomic E-state index is 12.2. The number of nitrogens with zero attached hydrogens (tertiary/aromatic N) is 1. The van der Waals surface area contributed by atoms with Gasteiger partial charge in [0.2, 0.25) is 0 Å². The van der Waals surface area contributed by atoms with E-state index in [1.165, 1.54) is 23.3 Å². The molecule has 1 N–H and O–H groups in total. The van der Waals surface area contributed by atoms with Gasteiger partial charge in [-0.2, -0.15) is 0 Å². The van der Waals surface area contributed by atoms with Gasteiger partial charge in [-0.05, 0) is 84.3 Å². The zero-order valence-electron chi connectivity index (χ0n) is 20.4. The lowest BCUT2D eigenvalue weighted by molar-refractivity contribution is 0.0949. The van der Waals surface area contributed by atoms with Crippen LogP contribution in [0.1, 0.15) is 45.9 Å². The van der Waals surface area contributed by atoms with Crippen molar-refractivity contribution in [1.29, 1.82) is 0 Å². The molecule has 0 aliphatic heterocycles. The molecule has 1 fully saturated rings. The molecule has 2 aromatic heterocycles. The van der Waals surface area contributed by atoms with Gasteiger partial charge >= 0.3 is 0 Å². The van der Waals surface area contributed by atoms with Gasteiger partial charge in [-0.15, -0.1) is 11.3 Å². The van der Waals surface area contributed by atoms with E-state index < -0.39 is 5.60 Å². The smallest absolute Gasteiger partial charge is 0.173 e. The molecule has 0 bridgehead atoms. The Balaban J connectivity index is 1.47. The van der Waals surface area contributed by atoms with E-state index >= 15 is 0 Å². The van der Waals surface area contributed by atoms with E-state index in [-0.39, 0.29) is 0 Å². The summed E-state index contributed by atoms with van der Waals surface area (Å²) in [5, 5.41) is 14.3. The first-order valence-electron chi connectivity index (χ1n) is 11.9. The fourth-order valence-electron chi connectivity index (χ4n) is 4.48. The lowest BCUT2D eigenvalue weighted by atomic mass is 9.84. The fourth-order valence-corrected chi connectivity index (χ4v) is 5.41. The highest BCUT2D eigenvalue weighted by Gasteiger charge is 2.38. The van der Waals surface area contributed by atoms with Crippen molar-refractivity contribution in [3.8, 4) is 11.5 Å². The Hall–Kier alpha value is -3.06. The Labute approximate surface area is 210 Å². The molecule has 35 heavy (non-hydrogen) atoms. The normalized spacial score (nSPS) is 13.9. The second-order valence-corrected chi connectivity index (χ2v) is 10.1. The highest BCUT2D eigenvalue weighted by atomic mass is 32.1. The summed E-state index contributed by atoms with van der Waals surface area (Å²) in [5.74, 6) is 2.80. The summed E-state index contributed by atoms with van der Waals surface area (Å²) in [6.07, 6.45) is 2.44. The van der Waals surface area contributed by atoms with Crippen molar-refractivity contribution in [2.24, 2.45) is 0 Å². The number of ether oxygens (including phenoxy) is 2. The number of rotatable bonds is 10. The van der Waals surface area contributed by atoms with Crippen molar-refractivity contribution >= 4 is 11.3 Å². The largest absolute Gasteiger partial charge is 0.497 e. The number of hydrogen-bond acceptors (Lipinski definition) is 6. The van der Waals surface area contributed by atoms with Crippen molar-refractivity contribution < 1.29 is 19.0 Å². The molecule has 0 saturated heterocycles. The second-order valence-electron chi connectivity index (χ2n) is 9.10. The van der Waals surface area contributed by atoms with Crippen LogP contribution in [0, 0.1) is 6.92 Å². The molecule has 1 saturated carbocycles. The average molecular weight is 490 g/mol. The Morgan fingerprint density at radius 3 is 1.97 bits per heavy atom. The van der Waals surface area contributed by atoms with E-state index in [4.69, 9.17) is 13.9 Å². The Kier molecular flexibility index (Phi) is 6.69. The third kappa shape index (κ3) is 4.87. The first kappa shape index (κ1) is 23.7. The molecule has 2 aromatic carbocycles. The molecular formula is C29H31NO4S. The molecule has 1 aliphatic rings. The summed E-state index contributed by atoms with van der Waals surface area (Å²) >= 11 is 1.81. The van der Waals surface area contributed by atoms with Crippen molar-refractivity contribution in [3.63, 3.8) is 0 Å². The average Bonchev–Trinajstić information content (AvgIpc) is 3.51. The number of furan rings is 1. The highest BCUT2D eigenvalue weighted by Crippen LogP contribution is 2.39. The van der Waals surface area contributed by atoms with Gasteiger partial charge in [-0.25, -0.2) is 0 Å². The number of methoxy groups -OCH3 is 2. The van der Waals surface area contributed by atoms with E-state index in [1.807, 2.05) is 72.0 Å². The molecule has 182 valence electrons. The lowest BCUT2D eigenvalue weighted by Crippen LogP contribution is -2.28. The van der Waals surface area contributed by atoms with Crippen molar-refractivity contribution in [2.45, 2.75) is 44.5 Å². The molecule has 1 aliphatic carbocycles. The Morgan fingerprint density at radius 1 is 0.886 bits per heavy atom. The van der Waals surface area contributed by atoms with Crippen LogP contribution in [0.25, 0.3) is 0 Å². The van der Waals surface area contributed by atoms with Crippen LogP contribution in [0.2, 0.25) is 0 Å². The predicted molar refractivity (Wildman–Crippen MR) is 138 cm³/mol. The zero-order valence-corrected chi connectivity index (χ0v) is 21.2. The highest BCUT2D eigenvalue weighted by molar-refractivity contribution is 7.10. The molecule has 6 heteroatoms. The molecule has 0 spiro atoms. The van der Waals surface area contributed by atoms with Crippen LogP contribution in [0.3, 0.4) is 0 Å². The van der Waals surface area contributed by atoms with Crippen LogP contribution in [-0.2, 0) is 18.7 Å². The van der Waals surface area contributed by atoms with Crippen molar-refractivity contribution in [3.05, 3.63) is 105 Å². The fraction of sp³-hybridized carbons (Fsp3) is 0.310. The van der Waals surface area contributed by atoms with Gasteiger partial charge in [0.05, 0.1) is 20.8 Å². The minimum absolute atomic E-state index is 0.492. The van der Waals surface area contributed by atoms with E-state index in [2.05, 4.69) is 23.3 Å². The van der Waals surface area contributed by atoms with E-state index in [0.29, 0.717) is 29.5 Å². The van der Waals surface area contributed by atoms with E-state index in [1.54, 1.807) is 14.2 Å². The summed E-state index contributed by atoms with van der Waals surface area (Å²) in [6.45, 7) is 3.81. The van der Waals surface area contributed by atoms with Gasteiger partial charge in [0, 0.05) is 17.5 Å². The second kappa shape index (κ2) is 9.90. The van der Waals surface area contributed by atoms with Crippen LogP contribution in [0.15, 0.2) is 76.5 Å². The number of benzene rings is 2. The summed E-state index contributed by atoms with van der Waals surface area (Å²) < 4.78 is 17.0. The van der Waals surface area contributed by atoms with Gasteiger partial charge < -0.3 is 19.0 Å². The maximum Gasteiger partial charge on any atom is 0.173 e. The third-order valence-electron chi connectivity index (χ3n) is 6.77. The maximum absolute atomic E-state index is 12.2. The minimum atomic E-state index is -1.45. The quantitative estimate of drug-likeness (QED) is 0.291. The molecule has 5 rings (SSSR count). The topological polar surface area (TPSA) is 55.1 Å². The molecule has 0 amide bonds. The molecule has 0 radical (unpaired) electrons. The number of thiophene rings is 1. The number of aliphatic hydroxyl groups is 1. The number of aryl methyl sites for hydroxylation is 1. The molecule has 0 atom stereocenters. The molecule has 4 aromatic rings. The minimum Gasteiger partial charge on any atom is -0.497 e. The van der Waals surface area contributed by atoms with Gasteiger partial charge in [0.1, 0.15) is 23.0 Å². The monoisotopic (exact) mass is 489 g/mol. The van der Waals surface area contributed by atoms with Crippen LogP contribution >= 0.6 is 11.3 Å². The molecular weight excluding hydrogens is 458 g/mol. The SMILES string of the molecule is COc1ccc(C(O)(c2ccc(OC)cc2)c2ccc(CN(Cc3sccc3C)C3CC3)o2)cc1. The van der Waals surface area contributed by atoms with Crippen LogP contribution < -0.4 is 9.47 Å². The standard InChI is InChI=1S/C29H31NO4S/c1-20-16-17-35-27(20)19-30(23-8-9-23)18-26-14-15-28(34-26)29(31,21-4-10-24(32-2)11-5-21)22-6-12-25(33-3)13-7-22/h4-7,10-17,23,31H,8-9,18-19H2,1-3H3. The molecule has 5 nitrogen and oxygen atoms in total. The Bertz CT molecular complexity index is 1210. The van der Waals surface area contributed by atoms with Gasteiger partial charge in [-0.3, -0.25) is 4.90 Å². The summed E-state index contributed by atoms with van der Waals surface area (Å²) in [4.78, 5) is 3.89. The van der Waals surface area contributed by atoms with Gasteiger partial charge in [-0.1, -0.05) is 24.3 Å².